The van der Waals surface area contributed by atoms with Crippen LogP contribution < -0.4 is 15.5 Å². The molecule has 1 aromatic heterocycles. The largest absolute Gasteiger partial charge is 0.375 e. The summed E-state index contributed by atoms with van der Waals surface area (Å²) < 4.78 is 5.64. The van der Waals surface area contributed by atoms with Gasteiger partial charge in [0.1, 0.15) is 11.9 Å². The molecular formula is C22H30ClN5O. The van der Waals surface area contributed by atoms with Crippen LogP contribution in [0.15, 0.2) is 53.7 Å². The van der Waals surface area contributed by atoms with Gasteiger partial charge >= 0.3 is 0 Å². The maximum atomic E-state index is 6.12. The van der Waals surface area contributed by atoms with Gasteiger partial charge in [0.25, 0.3) is 0 Å². The maximum absolute atomic E-state index is 6.12. The summed E-state index contributed by atoms with van der Waals surface area (Å²) in [5.74, 6) is 1.88. The van der Waals surface area contributed by atoms with Crippen LogP contribution >= 0.6 is 11.6 Å². The SMILES string of the molecule is CCNC(=NCC(OC)c1cccc(Cl)c1)NC1CCN(c2ccccn2)CC1. The fraction of sp³-hybridized carbons (Fsp3) is 0.455. The molecule has 0 radical (unpaired) electrons. The lowest BCUT2D eigenvalue weighted by Crippen LogP contribution is -2.49. The van der Waals surface area contributed by atoms with Gasteiger partial charge in [0, 0.05) is 44.0 Å². The number of ether oxygens (including phenoxy) is 1. The Labute approximate surface area is 178 Å². The number of aliphatic imine (C=N–C) groups is 1. The monoisotopic (exact) mass is 415 g/mol. The Morgan fingerprint density at radius 1 is 1.28 bits per heavy atom. The number of aromatic nitrogens is 1. The quantitative estimate of drug-likeness (QED) is 0.534. The molecule has 7 heteroatoms. The molecule has 1 aromatic carbocycles. The Kier molecular flexibility index (Phi) is 8.14. The van der Waals surface area contributed by atoms with E-state index in [-0.39, 0.29) is 6.10 Å². The number of methoxy groups -OCH3 is 1. The third-order valence-corrected chi connectivity index (χ3v) is 5.31. The zero-order valence-electron chi connectivity index (χ0n) is 17.1. The van der Waals surface area contributed by atoms with Gasteiger partial charge in [-0.05, 0) is 49.6 Å². The first kappa shape index (κ1) is 21.4. The highest BCUT2D eigenvalue weighted by Gasteiger charge is 2.21. The molecule has 2 N–H and O–H groups in total. The molecule has 1 atom stereocenters. The van der Waals surface area contributed by atoms with Gasteiger partial charge in [0.05, 0.1) is 6.54 Å². The van der Waals surface area contributed by atoms with Crippen molar-refractivity contribution in [2.45, 2.75) is 31.9 Å². The number of piperidine rings is 1. The second-order valence-corrected chi connectivity index (χ2v) is 7.53. The van der Waals surface area contributed by atoms with E-state index in [1.165, 1.54) is 0 Å². The van der Waals surface area contributed by atoms with E-state index in [2.05, 4.69) is 33.5 Å². The van der Waals surface area contributed by atoms with Gasteiger partial charge < -0.3 is 20.3 Å². The molecule has 2 aromatic rings. The van der Waals surface area contributed by atoms with Gasteiger partial charge in [-0.2, -0.15) is 0 Å². The van der Waals surface area contributed by atoms with Crippen molar-refractivity contribution >= 4 is 23.4 Å². The summed E-state index contributed by atoms with van der Waals surface area (Å²) in [6.07, 6.45) is 3.81. The van der Waals surface area contributed by atoms with Gasteiger partial charge in [0.2, 0.25) is 0 Å². The summed E-state index contributed by atoms with van der Waals surface area (Å²) in [6, 6.07) is 14.2. The Bertz CT molecular complexity index is 778. The number of nitrogens with zero attached hydrogens (tertiary/aromatic N) is 3. The van der Waals surface area contributed by atoms with Gasteiger partial charge in [-0.25, -0.2) is 4.98 Å². The molecule has 0 spiro atoms. The molecule has 156 valence electrons. The lowest BCUT2D eigenvalue weighted by Gasteiger charge is -2.33. The predicted molar refractivity (Wildman–Crippen MR) is 120 cm³/mol. The molecule has 1 fully saturated rings. The molecule has 1 saturated heterocycles. The van der Waals surface area contributed by atoms with Crippen molar-refractivity contribution in [1.29, 1.82) is 0 Å². The molecule has 0 aliphatic carbocycles. The van der Waals surface area contributed by atoms with Gasteiger partial charge in [-0.1, -0.05) is 29.8 Å². The van der Waals surface area contributed by atoms with E-state index in [1.807, 2.05) is 42.6 Å². The van der Waals surface area contributed by atoms with Crippen LogP contribution in [0.25, 0.3) is 0 Å². The number of pyridine rings is 1. The summed E-state index contributed by atoms with van der Waals surface area (Å²) >= 11 is 6.12. The Balaban J connectivity index is 1.57. The second-order valence-electron chi connectivity index (χ2n) is 7.09. The highest BCUT2D eigenvalue weighted by Crippen LogP contribution is 2.21. The van der Waals surface area contributed by atoms with Crippen LogP contribution in [0.3, 0.4) is 0 Å². The van der Waals surface area contributed by atoms with E-state index in [1.54, 1.807) is 7.11 Å². The van der Waals surface area contributed by atoms with Crippen LogP contribution in [0, 0.1) is 0 Å². The van der Waals surface area contributed by atoms with Crippen molar-refractivity contribution in [2.24, 2.45) is 4.99 Å². The van der Waals surface area contributed by atoms with Gasteiger partial charge in [-0.3, -0.25) is 4.99 Å². The highest BCUT2D eigenvalue weighted by molar-refractivity contribution is 6.30. The zero-order valence-corrected chi connectivity index (χ0v) is 17.9. The fourth-order valence-electron chi connectivity index (χ4n) is 3.50. The van der Waals surface area contributed by atoms with Crippen molar-refractivity contribution in [3.05, 3.63) is 59.2 Å². The molecule has 29 heavy (non-hydrogen) atoms. The van der Waals surface area contributed by atoms with E-state index >= 15 is 0 Å². The number of rotatable bonds is 7. The molecule has 2 heterocycles. The van der Waals surface area contributed by atoms with Crippen molar-refractivity contribution in [1.82, 2.24) is 15.6 Å². The van der Waals surface area contributed by atoms with E-state index in [4.69, 9.17) is 21.3 Å². The normalized spacial score (nSPS) is 16.5. The van der Waals surface area contributed by atoms with Crippen molar-refractivity contribution in [3.8, 4) is 0 Å². The minimum Gasteiger partial charge on any atom is -0.375 e. The lowest BCUT2D eigenvalue weighted by molar-refractivity contribution is 0.111. The average molecular weight is 416 g/mol. The smallest absolute Gasteiger partial charge is 0.191 e. The molecule has 3 rings (SSSR count). The van der Waals surface area contributed by atoms with Crippen molar-refractivity contribution in [3.63, 3.8) is 0 Å². The molecule has 0 amide bonds. The fourth-order valence-corrected chi connectivity index (χ4v) is 3.70. The summed E-state index contributed by atoms with van der Waals surface area (Å²) in [5, 5.41) is 7.63. The molecule has 0 bridgehead atoms. The van der Waals surface area contributed by atoms with Crippen molar-refractivity contribution < 1.29 is 4.74 Å². The zero-order chi connectivity index (χ0) is 20.5. The topological polar surface area (TPSA) is 61.8 Å². The minimum atomic E-state index is -0.129. The Hall–Kier alpha value is -2.31. The number of nitrogens with one attached hydrogen (secondary N) is 2. The number of benzene rings is 1. The van der Waals surface area contributed by atoms with Crippen LogP contribution in [0.2, 0.25) is 5.02 Å². The van der Waals surface area contributed by atoms with E-state index < -0.39 is 0 Å². The third kappa shape index (κ3) is 6.34. The summed E-state index contributed by atoms with van der Waals surface area (Å²) in [7, 11) is 1.70. The number of hydrogen-bond donors (Lipinski definition) is 2. The van der Waals surface area contributed by atoms with Gasteiger partial charge in [-0.15, -0.1) is 0 Å². The number of halogens is 1. The molecule has 6 nitrogen and oxygen atoms in total. The number of guanidine groups is 1. The van der Waals surface area contributed by atoms with E-state index in [9.17, 15) is 0 Å². The van der Waals surface area contributed by atoms with Crippen LogP contribution in [0.4, 0.5) is 5.82 Å². The minimum absolute atomic E-state index is 0.129. The van der Waals surface area contributed by atoms with Crippen molar-refractivity contribution in [2.75, 3.05) is 38.2 Å². The first-order chi connectivity index (χ1) is 14.2. The Morgan fingerprint density at radius 2 is 2.10 bits per heavy atom. The summed E-state index contributed by atoms with van der Waals surface area (Å²) in [6.45, 7) is 5.38. The molecule has 0 saturated carbocycles. The first-order valence-electron chi connectivity index (χ1n) is 10.2. The summed E-state index contributed by atoms with van der Waals surface area (Å²) in [4.78, 5) is 11.6. The highest BCUT2D eigenvalue weighted by atomic mass is 35.5. The molecular weight excluding hydrogens is 386 g/mol. The maximum Gasteiger partial charge on any atom is 0.191 e. The number of hydrogen-bond acceptors (Lipinski definition) is 4. The Morgan fingerprint density at radius 3 is 2.76 bits per heavy atom. The van der Waals surface area contributed by atoms with E-state index in [0.29, 0.717) is 17.6 Å². The molecule has 1 aliphatic rings. The average Bonchev–Trinajstić information content (AvgIpc) is 2.75. The second kappa shape index (κ2) is 11.0. The standard InChI is InChI=1S/C22H30ClN5O/c1-3-24-22(26-16-20(29-2)17-7-6-8-18(23)15-17)27-19-10-13-28(14-11-19)21-9-4-5-12-25-21/h4-9,12,15,19-20H,3,10-11,13-14,16H2,1-2H3,(H2,24,26,27). The number of anilines is 1. The third-order valence-electron chi connectivity index (χ3n) is 5.07. The lowest BCUT2D eigenvalue weighted by atomic mass is 10.1. The van der Waals surface area contributed by atoms with Crippen LogP contribution in [0.5, 0.6) is 0 Å². The van der Waals surface area contributed by atoms with Crippen LogP contribution in [-0.4, -0.2) is 50.3 Å². The van der Waals surface area contributed by atoms with E-state index in [0.717, 1.165) is 49.8 Å². The molecule has 1 unspecified atom stereocenters. The van der Waals surface area contributed by atoms with Gasteiger partial charge in [0.15, 0.2) is 5.96 Å². The first-order valence-corrected chi connectivity index (χ1v) is 10.6. The van der Waals surface area contributed by atoms with Crippen LogP contribution in [0.1, 0.15) is 31.4 Å². The van der Waals surface area contributed by atoms with Crippen LogP contribution in [-0.2, 0) is 4.74 Å². The predicted octanol–water partition coefficient (Wildman–Crippen LogP) is 3.65. The molecule has 1 aliphatic heterocycles. The summed E-state index contributed by atoms with van der Waals surface area (Å²) in [5.41, 5.74) is 1.03.